The van der Waals surface area contributed by atoms with Crippen LogP contribution in [-0.2, 0) is 16.0 Å². The average Bonchev–Trinajstić information content (AvgIpc) is 2.97. The molecule has 6 nitrogen and oxygen atoms in total. The molecule has 0 fully saturated rings. The summed E-state index contributed by atoms with van der Waals surface area (Å²) in [5.74, 6) is -0.0970. The van der Waals surface area contributed by atoms with E-state index >= 15 is 0 Å². The number of aryl methyl sites for hydroxylation is 1. The van der Waals surface area contributed by atoms with Crippen LogP contribution in [0.2, 0.25) is 0 Å². The van der Waals surface area contributed by atoms with Crippen molar-refractivity contribution < 1.29 is 9.59 Å². The van der Waals surface area contributed by atoms with Crippen LogP contribution in [0, 0.1) is 6.92 Å². The maximum absolute atomic E-state index is 12.4. The number of pyridine rings is 1. The molecule has 6 heteroatoms. The van der Waals surface area contributed by atoms with Gasteiger partial charge in [-0.2, -0.15) is 0 Å². The molecule has 0 bridgehead atoms. The number of carbonyl (C=O) groups is 2. The molecule has 2 N–H and O–H groups in total. The Morgan fingerprint density at radius 1 is 1.00 bits per heavy atom. The Hall–Kier alpha value is -3.15. The minimum Gasteiger partial charge on any atom is -0.326 e. The minimum absolute atomic E-state index is 0.0109. The maximum Gasteiger partial charge on any atom is 0.230 e. The van der Waals surface area contributed by atoms with E-state index in [1.165, 1.54) is 0 Å². The fourth-order valence-electron chi connectivity index (χ4n) is 2.93. The highest BCUT2D eigenvalue weighted by molar-refractivity contribution is 5.93. The number of unbranched alkanes of at least 4 members (excludes halogenated alkanes) is 1. The number of hydrogen-bond donors (Lipinski definition) is 2. The van der Waals surface area contributed by atoms with Crippen molar-refractivity contribution in [2.75, 3.05) is 10.6 Å². The molecule has 140 valence electrons. The Balaban J connectivity index is 1.61. The van der Waals surface area contributed by atoms with Gasteiger partial charge in [0.25, 0.3) is 0 Å². The summed E-state index contributed by atoms with van der Waals surface area (Å²) < 4.78 is 1.93. The number of amides is 2. The van der Waals surface area contributed by atoms with Crippen molar-refractivity contribution in [3.63, 3.8) is 0 Å². The van der Waals surface area contributed by atoms with Crippen molar-refractivity contribution in [1.29, 1.82) is 0 Å². The molecule has 0 saturated carbocycles. The number of benzene rings is 1. The molecule has 0 radical (unpaired) electrons. The summed E-state index contributed by atoms with van der Waals surface area (Å²) >= 11 is 0. The van der Waals surface area contributed by atoms with Crippen LogP contribution in [0.5, 0.6) is 0 Å². The summed E-state index contributed by atoms with van der Waals surface area (Å²) in [6.07, 6.45) is 4.54. The molecule has 0 aliphatic carbocycles. The largest absolute Gasteiger partial charge is 0.326 e. The summed E-state index contributed by atoms with van der Waals surface area (Å²) in [5, 5.41) is 5.75. The standard InChI is InChI=1S/C21H24N4O2/c1-3-4-8-20(26)23-16-9-11-17(12-10-16)24-21(27)14-18-15(2)22-19-7-5-6-13-25(18)19/h5-7,9-13H,3-4,8,14H2,1-2H3,(H,23,26)(H,24,27). The summed E-state index contributed by atoms with van der Waals surface area (Å²) in [6.45, 7) is 3.96. The van der Waals surface area contributed by atoms with E-state index in [2.05, 4.69) is 22.5 Å². The Morgan fingerprint density at radius 3 is 2.33 bits per heavy atom. The topological polar surface area (TPSA) is 75.5 Å². The molecule has 2 heterocycles. The van der Waals surface area contributed by atoms with E-state index in [0.29, 0.717) is 12.1 Å². The lowest BCUT2D eigenvalue weighted by molar-refractivity contribution is -0.116. The Kier molecular flexibility index (Phi) is 5.86. The van der Waals surface area contributed by atoms with Crippen LogP contribution in [0.3, 0.4) is 0 Å². The predicted molar refractivity (Wildman–Crippen MR) is 107 cm³/mol. The van der Waals surface area contributed by atoms with Gasteiger partial charge in [0, 0.05) is 24.0 Å². The summed E-state index contributed by atoms with van der Waals surface area (Å²) in [4.78, 5) is 28.7. The highest BCUT2D eigenvalue weighted by Crippen LogP contribution is 2.16. The van der Waals surface area contributed by atoms with Crippen LogP contribution in [0.25, 0.3) is 5.65 Å². The first kappa shape index (κ1) is 18.6. The minimum atomic E-state index is -0.108. The molecule has 1 aromatic carbocycles. The number of fused-ring (bicyclic) bond motifs is 1. The molecule has 27 heavy (non-hydrogen) atoms. The zero-order chi connectivity index (χ0) is 19.2. The van der Waals surface area contributed by atoms with E-state index in [4.69, 9.17) is 0 Å². The number of imidazole rings is 1. The van der Waals surface area contributed by atoms with E-state index in [0.717, 1.165) is 35.6 Å². The van der Waals surface area contributed by atoms with E-state index in [-0.39, 0.29) is 18.2 Å². The average molecular weight is 364 g/mol. The van der Waals surface area contributed by atoms with Crippen LogP contribution in [0.15, 0.2) is 48.7 Å². The quantitative estimate of drug-likeness (QED) is 0.666. The smallest absolute Gasteiger partial charge is 0.230 e. The van der Waals surface area contributed by atoms with Gasteiger partial charge in [0.1, 0.15) is 5.65 Å². The normalized spacial score (nSPS) is 10.7. The molecular formula is C21H24N4O2. The van der Waals surface area contributed by atoms with E-state index in [1.807, 2.05) is 35.7 Å². The number of aromatic nitrogens is 2. The van der Waals surface area contributed by atoms with Gasteiger partial charge in [0.15, 0.2) is 0 Å². The van der Waals surface area contributed by atoms with Crippen molar-refractivity contribution in [2.24, 2.45) is 0 Å². The first-order valence-corrected chi connectivity index (χ1v) is 9.19. The fourth-order valence-corrected chi connectivity index (χ4v) is 2.93. The van der Waals surface area contributed by atoms with Gasteiger partial charge in [-0.05, 0) is 49.7 Å². The lowest BCUT2D eigenvalue weighted by Crippen LogP contribution is -2.16. The van der Waals surface area contributed by atoms with Gasteiger partial charge in [-0.25, -0.2) is 4.98 Å². The third-order valence-corrected chi connectivity index (χ3v) is 4.37. The summed E-state index contributed by atoms with van der Waals surface area (Å²) in [5.41, 5.74) is 3.98. The molecular weight excluding hydrogens is 340 g/mol. The first-order valence-electron chi connectivity index (χ1n) is 9.19. The molecule has 0 aliphatic heterocycles. The van der Waals surface area contributed by atoms with Crippen LogP contribution >= 0.6 is 0 Å². The van der Waals surface area contributed by atoms with E-state index in [9.17, 15) is 9.59 Å². The van der Waals surface area contributed by atoms with Crippen LogP contribution in [0.1, 0.15) is 37.6 Å². The van der Waals surface area contributed by atoms with Gasteiger partial charge in [-0.15, -0.1) is 0 Å². The van der Waals surface area contributed by atoms with Crippen LogP contribution in [-0.4, -0.2) is 21.2 Å². The van der Waals surface area contributed by atoms with Crippen molar-refractivity contribution in [2.45, 2.75) is 39.5 Å². The molecule has 0 unspecified atom stereocenters. The zero-order valence-electron chi connectivity index (χ0n) is 15.7. The molecule has 3 aromatic rings. The molecule has 0 atom stereocenters. The van der Waals surface area contributed by atoms with E-state index in [1.54, 1.807) is 24.3 Å². The SMILES string of the molecule is CCCCC(=O)Nc1ccc(NC(=O)Cc2c(C)nc3ccccn23)cc1. The second-order valence-corrected chi connectivity index (χ2v) is 6.53. The van der Waals surface area contributed by atoms with Crippen molar-refractivity contribution in [1.82, 2.24) is 9.38 Å². The highest BCUT2D eigenvalue weighted by Gasteiger charge is 2.13. The molecule has 3 rings (SSSR count). The summed E-state index contributed by atoms with van der Waals surface area (Å²) in [6, 6.07) is 12.9. The van der Waals surface area contributed by atoms with Gasteiger partial charge in [0.05, 0.1) is 17.8 Å². The molecule has 2 aromatic heterocycles. The highest BCUT2D eigenvalue weighted by atomic mass is 16.2. The fraction of sp³-hybridized carbons (Fsp3) is 0.286. The van der Waals surface area contributed by atoms with Crippen molar-refractivity contribution >= 4 is 28.8 Å². The lowest BCUT2D eigenvalue weighted by Gasteiger charge is -2.08. The molecule has 0 spiro atoms. The zero-order valence-corrected chi connectivity index (χ0v) is 15.7. The van der Waals surface area contributed by atoms with Gasteiger partial charge in [-0.1, -0.05) is 19.4 Å². The number of anilines is 2. The van der Waals surface area contributed by atoms with Crippen molar-refractivity contribution in [3.05, 3.63) is 60.0 Å². The number of nitrogens with zero attached hydrogens (tertiary/aromatic N) is 2. The van der Waals surface area contributed by atoms with E-state index < -0.39 is 0 Å². The monoisotopic (exact) mass is 364 g/mol. The van der Waals surface area contributed by atoms with Crippen LogP contribution < -0.4 is 10.6 Å². The Bertz CT molecular complexity index is 944. The number of hydrogen-bond acceptors (Lipinski definition) is 3. The van der Waals surface area contributed by atoms with Gasteiger partial charge in [-0.3, -0.25) is 9.59 Å². The second-order valence-electron chi connectivity index (χ2n) is 6.53. The maximum atomic E-state index is 12.4. The lowest BCUT2D eigenvalue weighted by atomic mass is 10.2. The third kappa shape index (κ3) is 4.73. The van der Waals surface area contributed by atoms with Crippen LogP contribution in [0.4, 0.5) is 11.4 Å². The van der Waals surface area contributed by atoms with Crippen molar-refractivity contribution in [3.8, 4) is 0 Å². The second kappa shape index (κ2) is 8.49. The number of carbonyl (C=O) groups excluding carboxylic acids is 2. The number of rotatable bonds is 7. The first-order chi connectivity index (χ1) is 13.1. The van der Waals surface area contributed by atoms with Gasteiger partial charge >= 0.3 is 0 Å². The Morgan fingerprint density at radius 2 is 1.67 bits per heavy atom. The molecule has 2 amide bonds. The number of nitrogens with one attached hydrogen (secondary N) is 2. The molecule has 0 aliphatic rings. The predicted octanol–water partition coefficient (Wildman–Crippen LogP) is 3.95. The third-order valence-electron chi connectivity index (χ3n) is 4.37. The summed E-state index contributed by atoms with van der Waals surface area (Å²) in [7, 11) is 0. The van der Waals surface area contributed by atoms with Gasteiger partial charge < -0.3 is 15.0 Å². The molecule has 0 saturated heterocycles. The Labute approximate surface area is 158 Å². The van der Waals surface area contributed by atoms with Gasteiger partial charge in [0.2, 0.25) is 11.8 Å².